The molecular weight excluding hydrogens is 374 g/mol. The summed E-state index contributed by atoms with van der Waals surface area (Å²) in [5.41, 5.74) is 2.28. The van der Waals surface area contributed by atoms with Crippen molar-refractivity contribution in [2.45, 2.75) is 72.1 Å². The monoisotopic (exact) mass is 409 g/mol. The Morgan fingerprint density at radius 2 is 2.00 bits per heavy atom. The molecule has 3 rings (SSSR count). The van der Waals surface area contributed by atoms with E-state index in [9.17, 15) is 4.79 Å². The largest absolute Gasteiger partial charge is 0.352 e. The summed E-state index contributed by atoms with van der Waals surface area (Å²) in [6.45, 7) is 7.49. The smallest absolute Gasteiger partial charge is 0.257 e. The van der Waals surface area contributed by atoms with Gasteiger partial charge in [0.05, 0.1) is 0 Å². The summed E-state index contributed by atoms with van der Waals surface area (Å²) >= 11 is 0. The number of carbonyl (C=O) groups excluding carboxylic acids is 1. The van der Waals surface area contributed by atoms with E-state index in [0.717, 1.165) is 42.8 Å². The second kappa shape index (κ2) is 10.6. The van der Waals surface area contributed by atoms with Gasteiger partial charge in [0.1, 0.15) is 0 Å². The number of nitrogens with zero attached hydrogens (tertiary/aromatic N) is 2. The molecule has 1 atom stereocenters. The van der Waals surface area contributed by atoms with E-state index in [1.165, 1.54) is 32.1 Å². The van der Waals surface area contributed by atoms with Crippen LogP contribution >= 0.6 is 0 Å². The molecule has 1 heterocycles. The lowest BCUT2D eigenvalue weighted by atomic mass is 9.73. The molecule has 0 saturated heterocycles. The van der Waals surface area contributed by atoms with Crippen molar-refractivity contribution in [3.8, 4) is 11.5 Å². The number of hydrogen-bond donors (Lipinski definition) is 1. The topological polar surface area (TPSA) is 68.0 Å². The highest BCUT2D eigenvalue weighted by molar-refractivity contribution is 5.91. The molecule has 162 valence electrons. The van der Waals surface area contributed by atoms with Gasteiger partial charge in [-0.25, -0.2) is 0 Å². The van der Waals surface area contributed by atoms with E-state index in [-0.39, 0.29) is 5.91 Å². The van der Waals surface area contributed by atoms with Gasteiger partial charge >= 0.3 is 0 Å². The third-order valence-corrected chi connectivity index (χ3v) is 6.83. The average molecular weight is 410 g/mol. The maximum absolute atomic E-state index is 12.3. The Bertz CT molecular complexity index is 834. The van der Waals surface area contributed by atoms with E-state index in [1.807, 2.05) is 30.3 Å². The highest BCUT2D eigenvalue weighted by Crippen LogP contribution is 2.48. The molecule has 1 saturated carbocycles. The van der Waals surface area contributed by atoms with Gasteiger partial charge in [-0.1, -0.05) is 63.7 Å². The molecule has 2 aromatic rings. The Morgan fingerprint density at radius 3 is 2.70 bits per heavy atom. The summed E-state index contributed by atoms with van der Waals surface area (Å²) in [4.78, 5) is 16.8. The maximum Gasteiger partial charge on any atom is 0.257 e. The molecule has 1 N–H and O–H groups in total. The van der Waals surface area contributed by atoms with Gasteiger partial charge in [-0.05, 0) is 54.4 Å². The molecule has 5 heteroatoms. The summed E-state index contributed by atoms with van der Waals surface area (Å²) in [5.74, 6) is 1.87. The molecule has 0 radical (unpaired) electrons. The Balaban J connectivity index is 1.52. The second-order valence-corrected chi connectivity index (χ2v) is 8.48. The molecule has 1 aromatic carbocycles. The number of benzene rings is 1. The fourth-order valence-corrected chi connectivity index (χ4v) is 4.71. The van der Waals surface area contributed by atoms with Crippen molar-refractivity contribution >= 4 is 12.0 Å². The molecular formula is C25H35N3O2. The van der Waals surface area contributed by atoms with Crippen molar-refractivity contribution in [1.29, 1.82) is 0 Å². The molecule has 1 aliphatic rings. The van der Waals surface area contributed by atoms with Crippen LogP contribution in [0.3, 0.4) is 0 Å². The lowest BCUT2D eigenvalue weighted by Crippen LogP contribution is -2.35. The van der Waals surface area contributed by atoms with Crippen molar-refractivity contribution in [1.82, 2.24) is 15.5 Å². The molecule has 5 nitrogen and oxygen atoms in total. The summed E-state index contributed by atoms with van der Waals surface area (Å²) in [5, 5.41) is 7.15. The molecule has 0 spiro atoms. The van der Waals surface area contributed by atoms with Gasteiger partial charge in [0.15, 0.2) is 5.82 Å². The van der Waals surface area contributed by atoms with E-state index in [4.69, 9.17) is 4.52 Å². The van der Waals surface area contributed by atoms with Gasteiger partial charge in [-0.2, -0.15) is 4.98 Å². The van der Waals surface area contributed by atoms with Gasteiger partial charge < -0.3 is 9.84 Å². The molecule has 1 aliphatic carbocycles. The van der Waals surface area contributed by atoms with Gasteiger partial charge in [-0.3, -0.25) is 4.79 Å². The van der Waals surface area contributed by atoms with Crippen LogP contribution in [0.15, 0.2) is 34.9 Å². The number of unbranched alkanes of at least 4 members (excludes halogenated alkanes) is 1. The minimum atomic E-state index is -0.0236. The minimum absolute atomic E-state index is 0.0236. The average Bonchev–Trinajstić information content (AvgIpc) is 3.42. The normalized spacial score (nSPS) is 18.2. The molecule has 1 unspecified atom stereocenters. The van der Waals surface area contributed by atoms with Crippen LogP contribution in [0.25, 0.3) is 17.5 Å². The fraction of sp³-hybridized carbons (Fsp3) is 0.560. The van der Waals surface area contributed by atoms with Gasteiger partial charge in [0.2, 0.25) is 5.91 Å². The van der Waals surface area contributed by atoms with Crippen LogP contribution in [-0.4, -0.2) is 22.6 Å². The highest BCUT2D eigenvalue weighted by atomic mass is 16.5. The predicted octanol–water partition coefficient (Wildman–Crippen LogP) is 5.82. The van der Waals surface area contributed by atoms with Gasteiger partial charge in [0.25, 0.3) is 5.89 Å². The molecule has 1 amide bonds. The number of carbonyl (C=O) groups is 1. The van der Waals surface area contributed by atoms with Crippen molar-refractivity contribution in [2.75, 3.05) is 6.54 Å². The Labute approximate surface area is 180 Å². The Morgan fingerprint density at radius 1 is 1.23 bits per heavy atom. The summed E-state index contributed by atoms with van der Waals surface area (Å²) < 4.78 is 5.36. The molecule has 1 aromatic heterocycles. The van der Waals surface area contributed by atoms with Crippen LogP contribution in [0.2, 0.25) is 0 Å². The van der Waals surface area contributed by atoms with E-state index >= 15 is 0 Å². The standard InChI is InChI=1S/C25H35N3O2/c1-4-7-10-22-27-24(30-28-22)20-14-11-19(12-15-20)13-16-23(29)26-18-21-9-8-17-25(21,5-2)6-3/h11-16,21H,4-10,17-18H2,1-3H3,(H,26,29). The van der Waals surface area contributed by atoms with Crippen LogP contribution in [0.5, 0.6) is 0 Å². The number of aryl methyl sites for hydroxylation is 1. The summed E-state index contributed by atoms with van der Waals surface area (Å²) in [6.07, 6.45) is 12.7. The number of hydrogen-bond acceptors (Lipinski definition) is 4. The van der Waals surface area contributed by atoms with Gasteiger partial charge in [-0.15, -0.1) is 0 Å². The van der Waals surface area contributed by atoms with Crippen LogP contribution in [0.4, 0.5) is 0 Å². The zero-order valence-electron chi connectivity index (χ0n) is 18.6. The lowest BCUT2D eigenvalue weighted by molar-refractivity contribution is -0.116. The van der Waals surface area contributed by atoms with E-state index in [0.29, 0.717) is 17.2 Å². The number of amides is 1. The lowest BCUT2D eigenvalue weighted by Gasteiger charge is -2.33. The van der Waals surface area contributed by atoms with Crippen molar-refractivity contribution in [2.24, 2.45) is 11.3 Å². The van der Waals surface area contributed by atoms with Crippen molar-refractivity contribution in [3.63, 3.8) is 0 Å². The zero-order chi connectivity index (χ0) is 21.4. The van der Waals surface area contributed by atoms with Gasteiger partial charge in [0, 0.05) is 24.6 Å². The molecule has 30 heavy (non-hydrogen) atoms. The third-order valence-electron chi connectivity index (χ3n) is 6.83. The van der Waals surface area contributed by atoms with E-state index < -0.39 is 0 Å². The first-order valence-corrected chi connectivity index (χ1v) is 11.5. The van der Waals surface area contributed by atoms with Crippen LogP contribution in [0.1, 0.15) is 77.1 Å². The molecule has 1 fully saturated rings. The Hall–Kier alpha value is -2.43. The summed E-state index contributed by atoms with van der Waals surface area (Å²) in [7, 11) is 0. The number of rotatable bonds is 10. The number of aromatic nitrogens is 2. The SMILES string of the molecule is CCCCc1noc(-c2ccc(C=CC(=O)NCC3CCCC3(CC)CC)cc2)n1. The zero-order valence-corrected chi connectivity index (χ0v) is 18.6. The Kier molecular flexibility index (Phi) is 7.83. The van der Waals surface area contributed by atoms with Crippen LogP contribution in [-0.2, 0) is 11.2 Å². The first-order valence-electron chi connectivity index (χ1n) is 11.5. The summed E-state index contributed by atoms with van der Waals surface area (Å²) in [6, 6.07) is 7.82. The van der Waals surface area contributed by atoms with E-state index in [2.05, 4.69) is 36.2 Å². The third kappa shape index (κ3) is 5.38. The maximum atomic E-state index is 12.3. The first-order chi connectivity index (χ1) is 14.6. The predicted molar refractivity (Wildman–Crippen MR) is 121 cm³/mol. The molecule has 0 aliphatic heterocycles. The quantitative estimate of drug-likeness (QED) is 0.502. The second-order valence-electron chi connectivity index (χ2n) is 8.48. The van der Waals surface area contributed by atoms with Crippen molar-refractivity contribution in [3.05, 3.63) is 41.7 Å². The minimum Gasteiger partial charge on any atom is -0.352 e. The first kappa shape index (κ1) is 22.3. The van der Waals surface area contributed by atoms with Crippen LogP contribution < -0.4 is 5.32 Å². The molecule has 0 bridgehead atoms. The highest BCUT2D eigenvalue weighted by Gasteiger charge is 2.39. The van der Waals surface area contributed by atoms with Crippen LogP contribution in [0, 0.1) is 11.3 Å². The van der Waals surface area contributed by atoms with E-state index in [1.54, 1.807) is 6.08 Å². The number of nitrogens with one attached hydrogen (secondary N) is 1. The van der Waals surface area contributed by atoms with Crippen molar-refractivity contribution < 1.29 is 9.32 Å². The fourth-order valence-electron chi connectivity index (χ4n) is 4.71.